The van der Waals surface area contributed by atoms with Crippen molar-refractivity contribution in [1.29, 1.82) is 0 Å². The summed E-state index contributed by atoms with van der Waals surface area (Å²) in [6.07, 6.45) is 1.21. The highest BCUT2D eigenvalue weighted by Gasteiger charge is 2.36. The topological polar surface area (TPSA) is 70.6 Å². The lowest BCUT2D eigenvalue weighted by Gasteiger charge is -2.29. The molecule has 0 unspecified atom stereocenters. The van der Waals surface area contributed by atoms with E-state index in [1.807, 2.05) is 37.3 Å². The molecule has 3 aromatic rings. The summed E-state index contributed by atoms with van der Waals surface area (Å²) in [5.74, 6) is 0.474. The van der Waals surface area contributed by atoms with Gasteiger partial charge in [-0.05, 0) is 54.6 Å². The molecule has 1 aromatic heterocycles. The van der Waals surface area contributed by atoms with E-state index >= 15 is 0 Å². The number of Topliss-reactive ketones (excluding diaryl/α,β-unsaturated/α-hetero) is 1. The Labute approximate surface area is 195 Å². The molecular formula is C25H23ClN2O3S. The van der Waals surface area contributed by atoms with Crippen molar-refractivity contribution in [2.24, 2.45) is 0 Å². The molecule has 0 spiro atoms. The molecule has 0 radical (unpaired) electrons. The van der Waals surface area contributed by atoms with Crippen molar-refractivity contribution in [1.82, 2.24) is 0 Å². The maximum atomic E-state index is 13.5. The lowest BCUT2D eigenvalue weighted by atomic mass is 9.80. The molecule has 32 heavy (non-hydrogen) atoms. The van der Waals surface area contributed by atoms with Gasteiger partial charge in [-0.2, -0.15) is 0 Å². The van der Waals surface area contributed by atoms with Crippen molar-refractivity contribution in [2.45, 2.75) is 31.7 Å². The van der Waals surface area contributed by atoms with Gasteiger partial charge in [0.25, 0.3) is 0 Å². The van der Waals surface area contributed by atoms with Crippen LogP contribution in [-0.2, 0) is 4.79 Å². The van der Waals surface area contributed by atoms with Crippen molar-refractivity contribution >= 4 is 40.1 Å². The molecular weight excluding hydrogens is 444 g/mol. The summed E-state index contributed by atoms with van der Waals surface area (Å²) in [5, 5.41) is 19.6. The highest BCUT2D eigenvalue weighted by molar-refractivity contribution is 7.10. The molecule has 0 saturated heterocycles. The number of phenolic OH excluding ortho intramolecular Hbond substituents is 1. The van der Waals surface area contributed by atoms with Crippen molar-refractivity contribution in [3.63, 3.8) is 0 Å². The number of hydrogen-bond acceptors (Lipinski definition) is 6. The molecule has 1 aliphatic heterocycles. The zero-order chi connectivity index (χ0) is 22.2. The van der Waals surface area contributed by atoms with E-state index in [2.05, 4.69) is 22.1 Å². The second-order valence-electron chi connectivity index (χ2n) is 7.97. The second-order valence-corrected chi connectivity index (χ2v) is 9.35. The first-order chi connectivity index (χ1) is 15.5. The SMILES string of the molecule is CCOc1cc([C@@H]2Nc3ccccc3NC3=C2C(=O)C[C@@H](c2cccs2)C3)cc(Cl)c1O. The summed E-state index contributed by atoms with van der Waals surface area (Å²) in [6, 6.07) is 15.1. The van der Waals surface area contributed by atoms with Crippen LogP contribution in [0.15, 0.2) is 65.2 Å². The zero-order valence-electron chi connectivity index (χ0n) is 17.5. The minimum atomic E-state index is -0.421. The molecule has 5 rings (SSSR count). The molecule has 2 atom stereocenters. The third-order valence-corrected chi connectivity index (χ3v) is 7.26. The monoisotopic (exact) mass is 466 g/mol. The Kier molecular flexibility index (Phi) is 5.57. The van der Waals surface area contributed by atoms with E-state index in [9.17, 15) is 9.90 Å². The fraction of sp³-hybridized carbons (Fsp3) is 0.240. The molecule has 0 bridgehead atoms. The summed E-state index contributed by atoms with van der Waals surface area (Å²) in [7, 11) is 0. The van der Waals surface area contributed by atoms with E-state index in [0.29, 0.717) is 24.4 Å². The number of para-hydroxylation sites is 2. The largest absolute Gasteiger partial charge is 0.503 e. The zero-order valence-corrected chi connectivity index (χ0v) is 19.1. The molecule has 5 nitrogen and oxygen atoms in total. The summed E-state index contributed by atoms with van der Waals surface area (Å²) in [5.41, 5.74) is 4.22. The number of halogens is 1. The van der Waals surface area contributed by atoms with Gasteiger partial charge in [-0.25, -0.2) is 0 Å². The van der Waals surface area contributed by atoms with Crippen molar-refractivity contribution in [3.05, 3.63) is 80.6 Å². The van der Waals surface area contributed by atoms with E-state index in [1.54, 1.807) is 23.5 Å². The van der Waals surface area contributed by atoms with Gasteiger partial charge in [-0.15, -0.1) is 11.3 Å². The lowest BCUT2D eigenvalue weighted by Crippen LogP contribution is -2.26. The maximum absolute atomic E-state index is 13.5. The lowest BCUT2D eigenvalue weighted by molar-refractivity contribution is -0.116. The molecule has 2 heterocycles. The van der Waals surface area contributed by atoms with E-state index < -0.39 is 6.04 Å². The normalized spacial score (nSPS) is 20.0. The van der Waals surface area contributed by atoms with Crippen LogP contribution in [0.25, 0.3) is 0 Å². The van der Waals surface area contributed by atoms with Crippen molar-refractivity contribution in [3.8, 4) is 11.5 Å². The highest BCUT2D eigenvalue weighted by Crippen LogP contribution is 2.46. The van der Waals surface area contributed by atoms with Crippen LogP contribution >= 0.6 is 22.9 Å². The van der Waals surface area contributed by atoms with Crippen LogP contribution in [0.3, 0.4) is 0 Å². The fourth-order valence-corrected chi connectivity index (χ4v) is 5.54. The third kappa shape index (κ3) is 3.74. The third-order valence-electron chi connectivity index (χ3n) is 5.94. The minimum absolute atomic E-state index is 0.0913. The molecule has 2 aromatic carbocycles. The van der Waals surface area contributed by atoms with Gasteiger partial charge >= 0.3 is 0 Å². The Morgan fingerprint density at radius 2 is 1.97 bits per heavy atom. The number of allylic oxidation sites excluding steroid dienone is 1. The number of aromatic hydroxyl groups is 1. The van der Waals surface area contributed by atoms with E-state index in [0.717, 1.165) is 29.1 Å². The average molecular weight is 467 g/mol. The Morgan fingerprint density at radius 3 is 2.72 bits per heavy atom. The van der Waals surface area contributed by atoms with Crippen LogP contribution in [0.2, 0.25) is 5.02 Å². The first-order valence-corrected chi connectivity index (χ1v) is 11.9. The second kappa shape index (κ2) is 8.52. The molecule has 0 fully saturated rings. The number of hydrogen-bond donors (Lipinski definition) is 3. The first-order valence-electron chi connectivity index (χ1n) is 10.6. The number of carbonyl (C=O) groups is 1. The van der Waals surface area contributed by atoms with E-state index in [4.69, 9.17) is 16.3 Å². The molecule has 3 N–H and O–H groups in total. The standard InChI is InChI=1S/C25H23ClN2O3S/c1-2-31-21-13-15(10-16(26)25(21)30)24-23-19(27-17-6-3-4-7-18(17)28-24)11-14(12-20(23)29)22-8-5-9-32-22/h3-10,13-14,24,27-28,30H,2,11-12H2,1H3/t14-,24-/m0/s1. The number of thiophene rings is 1. The number of ketones is 1. The van der Waals surface area contributed by atoms with Gasteiger partial charge in [0, 0.05) is 28.5 Å². The molecule has 0 amide bonds. The predicted molar refractivity (Wildman–Crippen MR) is 129 cm³/mol. The number of fused-ring (bicyclic) bond motifs is 1. The number of carbonyl (C=O) groups excluding carboxylic acids is 1. The van der Waals surface area contributed by atoms with Crippen LogP contribution in [0.5, 0.6) is 11.5 Å². The quantitative estimate of drug-likeness (QED) is 0.410. The number of benzene rings is 2. The number of phenols is 1. The number of rotatable bonds is 4. The van der Waals surface area contributed by atoms with Gasteiger partial charge in [0.05, 0.1) is 29.0 Å². The highest BCUT2D eigenvalue weighted by atomic mass is 35.5. The van der Waals surface area contributed by atoms with Gasteiger partial charge in [0.2, 0.25) is 0 Å². The number of ether oxygens (including phenoxy) is 1. The van der Waals surface area contributed by atoms with E-state index in [1.165, 1.54) is 4.88 Å². The van der Waals surface area contributed by atoms with Crippen LogP contribution < -0.4 is 15.4 Å². The average Bonchev–Trinajstić information content (AvgIpc) is 3.26. The van der Waals surface area contributed by atoms with E-state index in [-0.39, 0.29) is 22.5 Å². The number of anilines is 2. The number of nitrogens with one attached hydrogen (secondary N) is 2. The van der Waals surface area contributed by atoms with Crippen molar-refractivity contribution < 1.29 is 14.6 Å². The van der Waals surface area contributed by atoms with Gasteiger partial charge in [-0.3, -0.25) is 4.79 Å². The van der Waals surface area contributed by atoms with Gasteiger partial charge in [0.1, 0.15) is 0 Å². The summed E-state index contributed by atoms with van der Waals surface area (Å²) in [6.45, 7) is 2.24. The summed E-state index contributed by atoms with van der Waals surface area (Å²) < 4.78 is 5.60. The molecule has 1 aliphatic carbocycles. The maximum Gasteiger partial charge on any atom is 0.176 e. The molecule has 2 aliphatic rings. The van der Waals surface area contributed by atoms with Crippen LogP contribution in [0, 0.1) is 0 Å². The molecule has 0 saturated carbocycles. The Hall–Kier alpha value is -2.96. The smallest absolute Gasteiger partial charge is 0.176 e. The van der Waals surface area contributed by atoms with Gasteiger partial charge in [-0.1, -0.05) is 29.8 Å². The van der Waals surface area contributed by atoms with Crippen molar-refractivity contribution in [2.75, 3.05) is 17.2 Å². The van der Waals surface area contributed by atoms with Gasteiger partial charge in [0.15, 0.2) is 17.3 Å². The Morgan fingerprint density at radius 1 is 1.16 bits per heavy atom. The molecule has 164 valence electrons. The summed E-state index contributed by atoms with van der Waals surface area (Å²) in [4.78, 5) is 14.8. The van der Waals surface area contributed by atoms with Gasteiger partial charge < -0.3 is 20.5 Å². The fourth-order valence-electron chi connectivity index (χ4n) is 4.49. The predicted octanol–water partition coefficient (Wildman–Crippen LogP) is 6.49. The Balaban J connectivity index is 1.64. The van der Waals surface area contributed by atoms with Crippen LogP contribution in [0.1, 0.15) is 42.2 Å². The molecule has 7 heteroatoms. The van der Waals surface area contributed by atoms with Crippen LogP contribution in [-0.4, -0.2) is 17.5 Å². The summed E-state index contributed by atoms with van der Waals surface area (Å²) >= 11 is 8.03. The Bertz CT molecular complexity index is 1210. The first kappa shape index (κ1) is 20.9. The minimum Gasteiger partial charge on any atom is -0.503 e. The van der Waals surface area contributed by atoms with Crippen LogP contribution in [0.4, 0.5) is 11.4 Å².